The van der Waals surface area contributed by atoms with Gasteiger partial charge in [-0.2, -0.15) is 0 Å². The third kappa shape index (κ3) is 3.19. The van der Waals surface area contributed by atoms with Gasteiger partial charge in [-0.15, -0.1) is 0 Å². The first-order chi connectivity index (χ1) is 14.9. The number of aryl methyl sites for hydroxylation is 1. The number of hydrogen-bond donors (Lipinski definition) is 2. The molecule has 0 bridgehead atoms. The molecule has 5 rings (SSSR count). The van der Waals surface area contributed by atoms with Crippen molar-refractivity contribution in [2.24, 2.45) is 7.05 Å². The van der Waals surface area contributed by atoms with Gasteiger partial charge >= 0.3 is 0 Å². The lowest BCUT2D eigenvalue weighted by atomic mass is 10.0. The Bertz CT molecular complexity index is 1330. The van der Waals surface area contributed by atoms with Crippen LogP contribution in [0.25, 0.3) is 28.2 Å². The van der Waals surface area contributed by atoms with Gasteiger partial charge in [-0.1, -0.05) is 30.3 Å². The monoisotopic (exact) mass is 412 g/mol. The number of phenolic OH excluding ortho intramolecular Hbond substituents is 2. The maximum Gasteiger partial charge on any atom is 0.137 e. The van der Waals surface area contributed by atoms with Crippen LogP contribution < -0.4 is 9.64 Å². The molecule has 0 fully saturated rings. The minimum atomic E-state index is -0.00988. The Morgan fingerprint density at radius 2 is 1.74 bits per heavy atom. The van der Waals surface area contributed by atoms with Gasteiger partial charge in [0.05, 0.1) is 5.69 Å². The Morgan fingerprint density at radius 3 is 2.48 bits per heavy atom. The van der Waals surface area contributed by atoms with Gasteiger partial charge in [0.15, 0.2) is 0 Å². The van der Waals surface area contributed by atoms with E-state index in [2.05, 4.69) is 52.9 Å². The van der Waals surface area contributed by atoms with Gasteiger partial charge in [0.25, 0.3) is 0 Å². The molecule has 1 aliphatic rings. The lowest BCUT2D eigenvalue weighted by molar-refractivity contribution is 0.430. The molecule has 156 valence electrons. The number of anilines is 1. The van der Waals surface area contributed by atoms with Crippen molar-refractivity contribution in [1.82, 2.24) is 4.57 Å². The van der Waals surface area contributed by atoms with Crippen molar-refractivity contribution in [2.75, 3.05) is 19.0 Å². The van der Waals surface area contributed by atoms with Gasteiger partial charge in [0, 0.05) is 67.4 Å². The summed E-state index contributed by atoms with van der Waals surface area (Å²) in [5, 5.41) is 21.1. The molecule has 0 saturated carbocycles. The third-order valence-electron chi connectivity index (χ3n) is 5.87. The molecule has 5 heteroatoms. The van der Waals surface area contributed by atoms with Crippen molar-refractivity contribution in [1.29, 1.82) is 0 Å². The topological polar surface area (TPSA) is 57.9 Å². The van der Waals surface area contributed by atoms with Gasteiger partial charge in [0.2, 0.25) is 0 Å². The summed E-state index contributed by atoms with van der Waals surface area (Å²) in [5.41, 5.74) is 6.27. The van der Waals surface area contributed by atoms with Crippen molar-refractivity contribution in [3.8, 4) is 28.5 Å². The number of phenols is 2. The molecule has 1 aliphatic heterocycles. The van der Waals surface area contributed by atoms with E-state index in [9.17, 15) is 10.2 Å². The van der Waals surface area contributed by atoms with Gasteiger partial charge in [0.1, 0.15) is 23.0 Å². The summed E-state index contributed by atoms with van der Waals surface area (Å²) < 4.78 is 8.20. The SMILES string of the molecule is CN(C)c1ccc(-c2c(C=C3Cc4c(O)cc(O)cc4O3)c3ccccc3n2C)cc1. The van der Waals surface area contributed by atoms with Gasteiger partial charge in [-0.05, 0) is 29.8 Å². The maximum absolute atomic E-state index is 10.2. The minimum absolute atomic E-state index is 0.00988. The van der Waals surface area contributed by atoms with Crippen molar-refractivity contribution in [2.45, 2.75) is 6.42 Å². The van der Waals surface area contributed by atoms with E-state index in [-0.39, 0.29) is 11.5 Å². The smallest absolute Gasteiger partial charge is 0.137 e. The Balaban J connectivity index is 1.66. The number of hydrogen-bond acceptors (Lipinski definition) is 4. The number of nitrogens with zero attached hydrogens (tertiary/aromatic N) is 2. The first kappa shape index (κ1) is 19.1. The van der Waals surface area contributed by atoms with Crippen molar-refractivity contribution < 1.29 is 14.9 Å². The normalized spacial score (nSPS) is 14.1. The average molecular weight is 412 g/mol. The average Bonchev–Trinajstić information content (AvgIpc) is 3.27. The van der Waals surface area contributed by atoms with E-state index >= 15 is 0 Å². The van der Waals surface area contributed by atoms with Crippen LogP contribution in [0, 0.1) is 0 Å². The van der Waals surface area contributed by atoms with Gasteiger partial charge in [-0.25, -0.2) is 0 Å². The Morgan fingerprint density at radius 1 is 1.00 bits per heavy atom. The van der Waals surface area contributed by atoms with Gasteiger partial charge in [-0.3, -0.25) is 0 Å². The van der Waals surface area contributed by atoms with E-state index in [0.717, 1.165) is 39.2 Å². The second kappa shape index (κ2) is 7.13. The Kier molecular flexibility index (Phi) is 4.40. The molecule has 0 spiro atoms. The first-order valence-corrected chi connectivity index (χ1v) is 10.2. The van der Waals surface area contributed by atoms with Crippen molar-refractivity contribution in [3.63, 3.8) is 0 Å². The lowest BCUT2D eigenvalue weighted by Gasteiger charge is -2.13. The fraction of sp³-hybridized carbons (Fsp3) is 0.154. The number of aromatic hydroxyl groups is 2. The van der Waals surface area contributed by atoms with Crippen LogP contribution in [0.1, 0.15) is 11.1 Å². The summed E-state index contributed by atoms with van der Waals surface area (Å²) in [4.78, 5) is 2.08. The number of aromatic nitrogens is 1. The third-order valence-corrected chi connectivity index (χ3v) is 5.87. The van der Waals surface area contributed by atoms with E-state index in [0.29, 0.717) is 17.7 Å². The van der Waals surface area contributed by atoms with Crippen LogP contribution in [-0.2, 0) is 13.5 Å². The second-order valence-corrected chi connectivity index (χ2v) is 8.11. The van der Waals surface area contributed by atoms with Crippen LogP contribution in [0.5, 0.6) is 17.2 Å². The molecule has 0 saturated heterocycles. The van der Waals surface area contributed by atoms with Crippen LogP contribution in [0.3, 0.4) is 0 Å². The standard InChI is InChI=1S/C26H24N2O3/c1-27(2)17-10-8-16(9-11-17)26-21(20-6-4-5-7-23(20)28(26)3)14-19-15-22-24(30)12-18(29)13-25(22)31-19/h4-14,29-30H,15H2,1-3H3. The maximum atomic E-state index is 10.2. The minimum Gasteiger partial charge on any atom is -0.508 e. The fourth-order valence-corrected chi connectivity index (χ4v) is 4.31. The summed E-state index contributed by atoms with van der Waals surface area (Å²) in [6, 6.07) is 19.7. The molecule has 4 aromatic rings. The molecule has 2 heterocycles. The zero-order valence-corrected chi connectivity index (χ0v) is 17.8. The summed E-state index contributed by atoms with van der Waals surface area (Å²) in [7, 11) is 6.14. The number of benzene rings is 3. The summed E-state index contributed by atoms with van der Waals surface area (Å²) in [6.07, 6.45) is 2.53. The zero-order valence-electron chi connectivity index (χ0n) is 17.8. The summed E-state index contributed by atoms with van der Waals surface area (Å²) in [6.45, 7) is 0. The van der Waals surface area contributed by atoms with Crippen molar-refractivity contribution in [3.05, 3.63) is 77.5 Å². The van der Waals surface area contributed by atoms with Crippen LogP contribution >= 0.6 is 0 Å². The van der Waals surface area contributed by atoms with Gasteiger partial charge < -0.3 is 24.4 Å². The zero-order chi connectivity index (χ0) is 21.7. The highest BCUT2D eigenvalue weighted by molar-refractivity contribution is 5.98. The molecule has 0 amide bonds. The Labute approximate surface area is 181 Å². The molecular formula is C26H24N2O3. The van der Waals surface area contributed by atoms with Crippen LogP contribution in [0.2, 0.25) is 0 Å². The highest BCUT2D eigenvalue weighted by atomic mass is 16.5. The molecule has 2 N–H and O–H groups in total. The van der Waals surface area contributed by atoms with Crippen LogP contribution in [0.15, 0.2) is 66.4 Å². The molecule has 0 atom stereocenters. The molecule has 0 aliphatic carbocycles. The highest BCUT2D eigenvalue weighted by Gasteiger charge is 2.24. The molecule has 5 nitrogen and oxygen atoms in total. The fourth-order valence-electron chi connectivity index (χ4n) is 4.31. The number of rotatable bonds is 3. The summed E-state index contributed by atoms with van der Waals surface area (Å²) >= 11 is 0. The quantitative estimate of drug-likeness (QED) is 0.480. The van der Waals surface area contributed by atoms with Crippen molar-refractivity contribution >= 4 is 22.7 Å². The lowest BCUT2D eigenvalue weighted by Crippen LogP contribution is -2.08. The molecule has 1 aromatic heterocycles. The number of ether oxygens (including phenoxy) is 1. The van der Waals surface area contributed by atoms with Crippen LogP contribution in [0.4, 0.5) is 5.69 Å². The van der Waals surface area contributed by atoms with E-state index in [4.69, 9.17) is 4.74 Å². The van der Waals surface area contributed by atoms with E-state index < -0.39 is 0 Å². The largest absolute Gasteiger partial charge is 0.508 e. The number of para-hydroxylation sites is 1. The molecular weight excluding hydrogens is 388 g/mol. The van der Waals surface area contributed by atoms with E-state index in [1.54, 1.807) is 6.07 Å². The molecule has 31 heavy (non-hydrogen) atoms. The highest BCUT2D eigenvalue weighted by Crippen LogP contribution is 2.42. The second-order valence-electron chi connectivity index (χ2n) is 8.11. The number of fused-ring (bicyclic) bond motifs is 2. The van der Waals surface area contributed by atoms with Crippen LogP contribution in [-0.4, -0.2) is 28.9 Å². The van der Waals surface area contributed by atoms with E-state index in [1.807, 2.05) is 32.3 Å². The number of allylic oxidation sites excluding steroid dienone is 1. The molecule has 0 unspecified atom stereocenters. The molecule has 3 aromatic carbocycles. The first-order valence-electron chi connectivity index (χ1n) is 10.2. The summed E-state index contributed by atoms with van der Waals surface area (Å²) in [5.74, 6) is 1.28. The predicted molar refractivity (Wildman–Crippen MR) is 125 cm³/mol. The predicted octanol–water partition coefficient (Wildman–Crippen LogP) is 5.30. The van der Waals surface area contributed by atoms with E-state index in [1.165, 1.54) is 6.07 Å². The molecule has 0 radical (unpaired) electrons. The Hall–Kier alpha value is -3.86.